The summed E-state index contributed by atoms with van der Waals surface area (Å²) in [5, 5.41) is 14.4. The molecule has 2 rings (SSSR count). The highest BCUT2D eigenvalue weighted by Gasteiger charge is 2.27. The summed E-state index contributed by atoms with van der Waals surface area (Å²) >= 11 is 0. The fraction of sp³-hybridized carbons (Fsp3) is 0.467. The summed E-state index contributed by atoms with van der Waals surface area (Å²) in [5.74, 6) is 0.457. The van der Waals surface area contributed by atoms with E-state index in [9.17, 15) is 4.79 Å². The van der Waals surface area contributed by atoms with Crippen molar-refractivity contribution in [2.24, 2.45) is 11.1 Å². The lowest BCUT2D eigenvalue weighted by atomic mass is 9.87. The molecule has 1 amide bonds. The number of carbonyl (C=O) groups is 1. The maximum atomic E-state index is 12.2. The summed E-state index contributed by atoms with van der Waals surface area (Å²) in [6.07, 6.45) is 0. The standard InChI is InChI=1S/C15H22N6O.ClH/c1-5-21-13(18-19-20-21)10-7-6-8-11(9-10)17-14(22)12(16)15(2,3)4;/h6-9,12H,5,16H2,1-4H3,(H,17,22);1H/t12-;/m1./s1. The normalized spacial score (nSPS) is 12.4. The highest BCUT2D eigenvalue weighted by atomic mass is 35.5. The van der Waals surface area contributed by atoms with Crippen LogP contribution in [0.1, 0.15) is 27.7 Å². The van der Waals surface area contributed by atoms with E-state index in [1.54, 1.807) is 4.68 Å². The Hall–Kier alpha value is -1.99. The van der Waals surface area contributed by atoms with Crippen LogP contribution in [-0.4, -0.2) is 32.2 Å². The highest BCUT2D eigenvalue weighted by Crippen LogP contribution is 2.22. The largest absolute Gasteiger partial charge is 0.325 e. The van der Waals surface area contributed by atoms with Crippen LogP contribution < -0.4 is 11.1 Å². The van der Waals surface area contributed by atoms with Crippen molar-refractivity contribution in [2.75, 3.05) is 5.32 Å². The Bertz CT molecular complexity index is 664. The minimum absolute atomic E-state index is 0. The van der Waals surface area contributed by atoms with Gasteiger partial charge in [-0.3, -0.25) is 4.79 Å². The van der Waals surface area contributed by atoms with Gasteiger partial charge < -0.3 is 11.1 Å². The number of aromatic nitrogens is 4. The molecule has 0 saturated heterocycles. The van der Waals surface area contributed by atoms with Gasteiger partial charge >= 0.3 is 0 Å². The fourth-order valence-corrected chi connectivity index (χ4v) is 1.97. The van der Waals surface area contributed by atoms with Gasteiger partial charge in [-0.25, -0.2) is 4.68 Å². The summed E-state index contributed by atoms with van der Waals surface area (Å²) in [6.45, 7) is 8.44. The lowest BCUT2D eigenvalue weighted by Gasteiger charge is -2.25. The number of hydrogen-bond donors (Lipinski definition) is 2. The second kappa shape index (κ2) is 7.52. The molecular formula is C15H23ClN6O. The number of halogens is 1. The zero-order chi connectivity index (χ0) is 16.3. The monoisotopic (exact) mass is 338 g/mol. The number of nitrogens with two attached hydrogens (primary N) is 1. The Morgan fingerprint density at radius 3 is 2.70 bits per heavy atom. The molecule has 23 heavy (non-hydrogen) atoms. The predicted octanol–water partition coefficient (Wildman–Crippen LogP) is 2.09. The average Bonchev–Trinajstić information content (AvgIpc) is 2.94. The predicted molar refractivity (Wildman–Crippen MR) is 92.2 cm³/mol. The molecule has 0 spiro atoms. The molecule has 1 aromatic heterocycles. The third-order valence-electron chi connectivity index (χ3n) is 3.44. The van der Waals surface area contributed by atoms with E-state index in [1.807, 2.05) is 52.0 Å². The zero-order valence-corrected chi connectivity index (χ0v) is 14.6. The van der Waals surface area contributed by atoms with Crippen molar-refractivity contribution in [1.82, 2.24) is 20.2 Å². The van der Waals surface area contributed by atoms with E-state index in [2.05, 4.69) is 20.8 Å². The van der Waals surface area contributed by atoms with Gasteiger partial charge in [0.25, 0.3) is 0 Å². The Labute approximate surface area is 142 Å². The lowest BCUT2D eigenvalue weighted by Crippen LogP contribution is -2.45. The third kappa shape index (κ3) is 4.49. The molecular weight excluding hydrogens is 316 g/mol. The van der Waals surface area contributed by atoms with Crippen molar-refractivity contribution in [3.8, 4) is 11.4 Å². The number of carbonyl (C=O) groups excluding carboxylic acids is 1. The number of amides is 1. The van der Waals surface area contributed by atoms with Crippen LogP contribution in [0.2, 0.25) is 0 Å². The van der Waals surface area contributed by atoms with Gasteiger partial charge in [-0.2, -0.15) is 0 Å². The van der Waals surface area contributed by atoms with Crippen LogP contribution in [0.5, 0.6) is 0 Å². The maximum absolute atomic E-state index is 12.2. The van der Waals surface area contributed by atoms with Crippen molar-refractivity contribution in [1.29, 1.82) is 0 Å². The molecule has 1 aromatic carbocycles. The molecule has 1 atom stereocenters. The number of nitrogens with zero attached hydrogens (tertiary/aromatic N) is 4. The summed E-state index contributed by atoms with van der Waals surface area (Å²) in [4.78, 5) is 12.2. The second-order valence-electron chi connectivity index (χ2n) is 6.23. The van der Waals surface area contributed by atoms with Gasteiger partial charge in [0, 0.05) is 17.8 Å². The van der Waals surface area contributed by atoms with Gasteiger partial charge in [-0.15, -0.1) is 17.5 Å². The number of hydrogen-bond acceptors (Lipinski definition) is 5. The van der Waals surface area contributed by atoms with E-state index in [0.29, 0.717) is 18.1 Å². The van der Waals surface area contributed by atoms with Crippen LogP contribution in [0, 0.1) is 5.41 Å². The van der Waals surface area contributed by atoms with Gasteiger partial charge in [0.1, 0.15) is 0 Å². The van der Waals surface area contributed by atoms with Crippen molar-refractivity contribution < 1.29 is 4.79 Å². The van der Waals surface area contributed by atoms with E-state index >= 15 is 0 Å². The van der Waals surface area contributed by atoms with Gasteiger partial charge in [0.15, 0.2) is 5.82 Å². The molecule has 8 heteroatoms. The van der Waals surface area contributed by atoms with E-state index in [1.165, 1.54) is 0 Å². The number of tetrazole rings is 1. The fourth-order valence-electron chi connectivity index (χ4n) is 1.97. The van der Waals surface area contributed by atoms with E-state index in [4.69, 9.17) is 5.73 Å². The smallest absolute Gasteiger partial charge is 0.241 e. The van der Waals surface area contributed by atoms with Crippen molar-refractivity contribution in [3.05, 3.63) is 24.3 Å². The number of rotatable bonds is 4. The summed E-state index contributed by atoms with van der Waals surface area (Å²) in [7, 11) is 0. The van der Waals surface area contributed by atoms with Crippen LogP contribution in [0.25, 0.3) is 11.4 Å². The molecule has 3 N–H and O–H groups in total. The Kier molecular flexibility index (Phi) is 6.23. The minimum atomic E-state index is -0.586. The molecule has 1 heterocycles. The molecule has 0 fully saturated rings. The van der Waals surface area contributed by atoms with Crippen molar-refractivity contribution in [2.45, 2.75) is 40.3 Å². The topological polar surface area (TPSA) is 98.7 Å². The van der Waals surface area contributed by atoms with Crippen LogP contribution in [0.3, 0.4) is 0 Å². The Balaban J connectivity index is 0.00000264. The minimum Gasteiger partial charge on any atom is -0.325 e. The molecule has 2 aromatic rings. The SMILES string of the molecule is CCn1nnnc1-c1cccc(NC(=O)[C@@H](N)C(C)(C)C)c1.Cl. The molecule has 0 unspecified atom stereocenters. The molecule has 0 aliphatic rings. The second-order valence-corrected chi connectivity index (χ2v) is 6.23. The van der Waals surface area contributed by atoms with Crippen LogP contribution >= 0.6 is 12.4 Å². The molecule has 126 valence electrons. The van der Waals surface area contributed by atoms with Crippen molar-refractivity contribution in [3.63, 3.8) is 0 Å². The molecule has 0 saturated carbocycles. The maximum Gasteiger partial charge on any atom is 0.241 e. The molecule has 0 aliphatic carbocycles. The van der Waals surface area contributed by atoms with Crippen molar-refractivity contribution >= 4 is 24.0 Å². The summed E-state index contributed by atoms with van der Waals surface area (Å²) < 4.78 is 1.70. The Morgan fingerprint density at radius 1 is 1.39 bits per heavy atom. The number of aryl methyl sites for hydroxylation is 1. The molecule has 0 bridgehead atoms. The number of nitrogens with one attached hydrogen (secondary N) is 1. The van der Waals surface area contributed by atoms with Gasteiger partial charge in [0.2, 0.25) is 5.91 Å². The van der Waals surface area contributed by atoms with E-state index in [-0.39, 0.29) is 23.7 Å². The van der Waals surface area contributed by atoms with Gasteiger partial charge in [-0.1, -0.05) is 32.9 Å². The van der Waals surface area contributed by atoms with E-state index in [0.717, 1.165) is 5.56 Å². The lowest BCUT2D eigenvalue weighted by molar-refractivity contribution is -0.119. The van der Waals surface area contributed by atoms with Crippen LogP contribution in [0.4, 0.5) is 5.69 Å². The first-order valence-electron chi connectivity index (χ1n) is 7.26. The van der Waals surface area contributed by atoms with Gasteiger partial charge in [0.05, 0.1) is 6.04 Å². The number of anilines is 1. The first-order valence-corrected chi connectivity index (χ1v) is 7.26. The molecule has 7 nitrogen and oxygen atoms in total. The van der Waals surface area contributed by atoms with Crippen LogP contribution in [0.15, 0.2) is 24.3 Å². The average molecular weight is 339 g/mol. The quantitative estimate of drug-likeness (QED) is 0.889. The molecule has 0 aliphatic heterocycles. The first-order chi connectivity index (χ1) is 10.3. The summed E-state index contributed by atoms with van der Waals surface area (Å²) in [6, 6.07) is 6.82. The first kappa shape index (κ1) is 19.1. The van der Waals surface area contributed by atoms with E-state index < -0.39 is 6.04 Å². The summed E-state index contributed by atoms with van der Waals surface area (Å²) in [5.41, 5.74) is 7.19. The van der Waals surface area contributed by atoms with Crippen LogP contribution in [-0.2, 0) is 11.3 Å². The number of benzene rings is 1. The third-order valence-corrected chi connectivity index (χ3v) is 3.44. The zero-order valence-electron chi connectivity index (χ0n) is 13.8. The highest BCUT2D eigenvalue weighted by molar-refractivity contribution is 5.95. The van der Waals surface area contributed by atoms with Gasteiger partial charge in [-0.05, 0) is 34.9 Å². The Morgan fingerprint density at radius 2 is 2.09 bits per heavy atom. The molecule has 0 radical (unpaired) electrons.